The number of unbranched alkanes of at least 4 members (excludes halogenated alkanes) is 25. The molecular weight excluding hydrogens is 727 g/mol. The number of carbonyl (C=O) groups is 1. The zero-order valence-electron chi connectivity index (χ0n) is 36.3. The van der Waals surface area contributed by atoms with Crippen LogP contribution in [0.2, 0.25) is 0 Å². The molecule has 0 spiro atoms. The predicted molar refractivity (Wildman–Crippen MR) is 229 cm³/mol. The van der Waals surface area contributed by atoms with Crippen LogP contribution in [0.1, 0.15) is 206 Å². The van der Waals surface area contributed by atoms with E-state index in [9.17, 15) is 40.5 Å². The van der Waals surface area contributed by atoms with E-state index in [0.717, 1.165) is 38.5 Å². The minimum Gasteiger partial charge on any atom is -0.394 e. The van der Waals surface area contributed by atoms with Crippen molar-refractivity contribution in [1.82, 2.24) is 5.32 Å². The van der Waals surface area contributed by atoms with Crippen molar-refractivity contribution in [3.63, 3.8) is 0 Å². The van der Waals surface area contributed by atoms with E-state index in [4.69, 9.17) is 9.47 Å². The summed E-state index contributed by atoms with van der Waals surface area (Å²) in [6.45, 7) is 3.42. The normalized spacial score (nSPS) is 22.2. The molecular formula is C46H89NO10. The number of aliphatic hydroxyl groups is 7. The number of aliphatic hydroxyl groups excluding tert-OH is 7. The molecule has 1 rings (SSSR count). The quantitative estimate of drug-likeness (QED) is 0.0226. The van der Waals surface area contributed by atoms with Crippen LogP contribution in [-0.4, -0.2) is 110 Å². The Hall–Kier alpha value is -1.15. The van der Waals surface area contributed by atoms with Gasteiger partial charge in [0.05, 0.1) is 25.4 Å². The maximum absolute atomic E-state index is 13.1. The van der Waals surface area contributed by atoms with Gasteiger partial charge in [0.2, 0.25) is 5.91 Å². The molecule has 0 radical (unpaired) electrons. The van der Waals surface area contributed by atoms with E-state index < -0.39 is 74.2 Å². The summed E-state index contributed by atoms with van der Waals surface area (Å²) in [5.41, 5.74) is 0. The standard InChI is InChI=1S/C46H89NO10/c1-3-5-7-9-11-13-15-17-18-19-20-21-22-24-26-28-30-32-34-39(50)45(55)47-37(36-56-46-44(54)43(53)42(52)40(35-48)57-46)41(51)38(49)33-31-29-27-25-23-16-14-12-10-8-6-4-2/h25,27,37-44,46,48-54H,3-24,26,28-36H2,1-2H3,(H,47,55). The molecule has 1 aliphatic rings. The highest BCUT2D eigenvalue weighted by Crippen LogP contribution is 2.23. The Labute approximate surface area is 347 Å². The number of ether oxygens (including phenoxy) is 2. The van der Waals surface area contributed by atoms with E-state index in [2.05, 4.69) is 31.3 Å². The zero-order valence-corrected chi connectivity index (χ0v) is 36.3. The molecule has 338 valence electrons. The minimum atomic E-state index is -1.66. The van der Waals surface area contributed by atoms with Crippen LogP contribution in [0.4, 0.5) is 0 Å². The highest BCUT2D eigenvalue weighted by molar-refractivity contribution is 5.80. The Morgan fingerprint density at radius 3 is 1.51 bits per heavy atom. The summed E-state index contributed by atoms with van der Waals surface area (Å²) in [6, 6.07) is -1.18. The van der Waals surface area contributed by atoms with Crippen molar-refractivity contribution in [3.8, 4) is 0 Å². The first-order valence-electron chi connectivity index (χ1n) is 23.6. The second-order valence-electron chi connectivity index (χ2n) is 16.8. The van der Waals surface area contributed by atoms with E-state index in [0.29, 0.717) is 12.8 Å². The molecule has 9 unspecified atom stereocenters. The molecule has 11 nitrogen and oxygen atoms in total. The molecule has 1 aliphatic heterocycles. The van der Waals surface area contributed by atoms with Gasteiger partial charge in [0, 0.05) is 0 Å². The second-order valence-corrected chi connectivity index (χ2v) is 16.8. The molecule has 8 N–H and O–H groups in total. The lowest BCUT2D eigenvalue weighted by Crippen LogP contribution is -2.60. The third-order valence-electron chi connectivity index (χ3n) is 11.6. The molecule has 9 atom stereocenters. The summed E-state index contributed by atoms with van der Waals surface area (Å²) in [5, 5.41) is 75.6. The molecule has 0 bridgehead atoms. The van der Waals surface area contributed by atoms with Gasteiger partial charge < -0.3 is 50.5 Å². The van der Waals surface area contributed by atoms with E-state index in [1.807, 2.05) is 0 Å². The fraction of sp³-hybridized carbons (Fsp3) is 0.935. The van der Waals surface area contributed by atoms with Gasteiger partial charge in [-0.05, 0) is 38.5 Å². The molecule has 1 heterocycles. The van der Waals surface area contributed by atoms with Gasteiger partial charge in [0.25, 0.3) is 0 Å². The van der Waals surface area contributed by atoms with E-state index in [-0.39, 0.29) is 12.8 Å². The molecule has 0 aromatic rings. The Bertz CT molecular complexity index is 939. The van der Waals surface area contributed by atoms with Crippen LogP contribution in [0.3, 0.4) is 0 Å². The van der Waals surface area contributed by atoms with Gasteiger partial charge in [0.1, 0.15) is 36.6 Å². The van der Waals surface area contributed by atoms with E-state index >= 15 is 0 Å². The molecule has 1 fully saturated rings. The second kappa shape index (κ2) is 36.7. The lowest BCUT2D eigenvalue weighted by molar-refractivity contribution is -0.303. The van der Waals surface area contributed by atoms with Gasteiger partial charge in [0.15, 0.2) is 6.29 Å². The number of nitrogens with one attached hydrogen (secondary N) is 1. The fourth-order valence-electron chi connectivity index (χ4n) is 7.62. The van der Waals surface area contributed by atoms with E-state index in [1.54, 1.807) is 0 Å². The lowest BCUT2D eigenvalue weighted by Gasteiger charge is -2.40. The van der Waals surface area contributed by atoms with Gasteiger partial charge in [-0.2, -0.15) is 0 Å². The van der Waals surface area contributed by atoms with Crippen molar-refractivity contribution in [2.45, 2.75) is 262 Å². The van der Waals surface area contributed by atoms with Crippen LogP contribution in [0.15, 0.2) is 12.2 Å². The Morgan fingerprint density at radius 2 is 1.04 bits per heavy atom. The number of hydrogen-bond acceptors (Lipinski definition) is 10. The Balaban J connectivity index is 2.43. The average Bonchev–Trinajstić information content (AvgIpc) is 3.21. The van der Waals surface area contributed by atoms with Crippen LogP contribution >= 0.6 is 0 Å². The minimum absolute atomic E-state index is 0.259. The van der Waals surface area contributed by atoms with Crippen LogP contribution in [0.25, 0.3) is 0 Å². The summed E-state index contributed by atoms with van der Waals surface area (Å²) in [6.07, 6.45) is 26.9. The third-order valence-corrected chi connectivity index (χ3v) is 11.6. The van der Waals surface area contributed by atoms with Crippen molar-refractivity contribution in [2.24, 2.45) is 0 Å². The largest absolute Gasteiger partial charge is 0.394 e. The van der Waals surface area contributed by atoms with E-state index in [1.165, 1.54) is 128 Å². The molecule has 11 heteroatoms. The first-order valence-corrected chi connectivity index (χ1v) is 23.6. The summed E-state index contributed by atoms with van der Waals surface area (Å²) in [5.74, 6) is -0.705. The number of allylic oxidation sites excluding steroid dienone is 2. The summed E-state index contributed by atoms with van der Waals surface area (Å²) >= 11 is 0. The summed E-state index contributed by atoms with van der Waals surface area (Å²) < 4.78 is 11.1. The highest BCUT2D eigenvalue weighted by atomic mass is 16.7. The molecule has 0 aliphatic carbocycles. The Kier molecular flexibility index (Phi) is 34.7. The molecule has 0 aromatic carbocycles. The zero-order chi connectivity index (χ0) is 41.9. The lowest BCUT2D eigenvalue weighted by atomic mass is 9.98. The van der Waals surface area contributed by atoms with Crippen LogP contribution < -0.4 is 5.32 Å². The van der Waals surface area contributed by atoms with Crippen LogP contribution in [0, 0.1) is 0 Å². The fourth-order valence-corrected chi connectivity index (χ4v) is 7.62. The van der Waals surface area contributed by atoms with Crippen LogP contribution in [-0.2, 0) is 14.3 Å². The van der Waals surface area contributed by atoms with Crippen molar-refractivity contribution in [2.75, 3.05) is 13.2 Å². The maximum Gasteiger partial charge on any atom is 0.249 e. The summed E-state index contributed by atoms with van der Waals surface area (Å²) in [7, 11) is 0. The Morgan fingerprint density at radius 1 is 0.596 bits per heavy atom. The highest BCUT2D eigenvalue weighted by Gasteiger charge is 2.44. The maximum atomic E-state index is 13.1. The van der Waals surface area contributed by atoms with Gasteiger partial charge in [-0.1, -0.05) is 180 Å². The number of carbonyl (C=O) groups excluding carboxylic acids is 1. The first-order chi connectivity index (χ1) is 27.7. The average molecular weight is 816 g/mol. The van der Waals surface area contributed by atoms with Gasteiger partial charge >= 0.3 is 0 Å². The predicted octanol–water partition coefficient (Wildman–Crippen LogP) is 7.67. The van der Waals surface area contributed by atoms with Gasteiger partial charge in [-0.15, -0.1) is 0 Å². The first kappa shape index (κ1) is 53.9. The number of rotatable bonds is 39. The molecule has 0 aromatic heterocycles. The monoisotopic (exact) mass is 816 g/mol. The van der Waals surface area contributed by atoms with Gasteiger partial charge in [-0.3, -0.25) is 4.79 Å². The van der Waals surface area contributed by atoms with Crippen molar-refractivity contribution < 1.29 is 50.0 Å². The van der Waals surface area contributed by atoms with Crippen molar-refractivity contribution in [1.29, 1.82) is 0 Å². The topological polar surface area (TPSA) is 189 Å². The number of amides is 1. The third kappa shape index (κ3) is 26.6. The van der Waals surface area contributed by atoms with Crippen LogP contribution in [0.5, 0.6) is 0 Å². The SMILES string of the molecule is CCCCCCCCCC=CCCCC(O)C(O)C(COC1OC(CO)C(O)C(O)C1O)NC(=O)C(O)CCCCCCCCCCCCCCCCCCCC. The van der Waals surface area contributed by atoms with Crippen molar-refractivity contribution >= 4 is 5.91 Å². The smallest absolute Gasteiger partial charge is 0.249 e. The van der Waals surface area contributed by atoms with Gasteiger partial charge in [-0.25, -0.2) is 0 Å². The molecule has 1 amide bonds. The molecule has 1 saturated heterocycles. The summed E-state index contributed by atoms with van der Waals surface area (Å²) in [4.78, 5) is 13.1. The van der Waals surface area contributed by atoms with Crippen molar-refractivity contribution in [3.05, 3.63) is 12.2 Å². The molecule has 57 heavy (non-hydrogen) atoms. The number of hydrogen-bond donors (Lipinski definition) is 8. The molecule has 0 saturated carbocycles.